The van der Waals surface area contributed by atoms with Gasteiger partial charge in [0.2, 0.25) is 0 Å². The molecule has 0 aliphatic rings. The zero-order valence-corrected chi connectivity index (χ0v) is 22.5. The molecule has 0 spiro atoms. The van der Waals surface area contributed by atoms with Crippen LogP contribution in [0.3, 0.4) is 0 Å². The third-order valence-electron chi connectivity index (χ3n) is 8.20. The first-order chi connectivity index (χ1) is 17.2. The van der Waals surface area contributed by atoms with Gasteiger partial charge in [-0.25, -0.2) is 0 Å². The summed E-state index contributed by atoms with van der Waals surface area (Å²) in [7, 11) is 0. The fourth-order valence-corrected chi connectivity index (χ4v) is 5.38. The molecule has 0 amide bonds. The number of carboxylic acid groups (broad SMARTS) is 1. The number of benzene rings is 2. The van der Waals surface area contributed by atoms with Crippen molar-refractivity contribution in [3.05, 3.63) is 88.7 Å². The minimum Gasteiger partial charge on any atom is -0.481 e. The molecule has 1 aromatic heterocycles. The Hall–Kier alpha value is -2.98. The molecule has 0 radical (unpaired) electrons. The highest BCUT2D eigenvalue weighted by Crippen LogP contribution is 2.40. The van der Waals surface area contributed by atoms with E-state index in [0.29, 0.717) is 5.56 Å². The number of hydrogen-bond donors (Lipinski definition) is 2. The standard InChI is InChI=1S/C32H41NO3/c1-6-31(36,7-2)17-16-25-10-15-29(18-23(25)5)32(8-3,9-4)28-13-11-26(12-14-28)27-19-24(20-30(34)35)21-33-22-27/h10-15,18-19,21-22,36H,6-9,16-17,20H2,1-5H3,(H,34,35). The summed E-state index contributed by atoms with van der Waals surface area (Å²) in [4.78, 5) is 15.3. The highest BCUT2D eigenvalue weighted by Gasteiger charge is 2.31. The highest BCUT2D eigenvalue weighted by molar-refractivity contribution is 5.71. The Morgan fingerprint density at radius 2 is 1.47 bits per heavy atom. The van der Waals surface area contributed by atoms with Crippen LogP contribution in [0.5, 0.6) is 0 Å². The molecular formula is C32H41NO3. The van der Waals surface area contributed by atoms with Gasteiger partial charge in [0.05, 0.1) is 12.0 Å². The molecule has 0 fully saturated rings. The van der Waals surface area contributed by atoms with Gasteiger partial charge in [-0.2, -0.15) is 0 Å². The Morgan fingerprint density at radius 1 is 0.833 bits per heavy atom. The maximum absolute atomic E-state index is 11.1. The van der Waals surface area contributed by atoms with Crippen LogP contribution in [0.4, 0.5) is 0 Å². The summed E-state index contributed by atoms with van der Waals surface area (Å²) in [6.07, 6.45) is 8.59. The van der Waals surface area contributed by atoms with Crippen LogP contribution in [-0.4, -0.2) is 26.8 Å². The van der Waals surface area contributed by atoms with E-state index in [1.54, 1.807) is 12.4 Å². The number of hydrogen-bond acceptors (Lipinski definition) is 3. The molecule has 0 saturated carbocycles. The summed E-state index contributed by atoms with van der Waals surface area (Å²) in [6, 6.07) is 17.4. The molecule has 0 unspecified atom stereocenters. The number of aromatic nitrogens is 1. The van der Waals surface area contributed by atoms with Crippen molar-refractivity contribution >= 4 is 5.97 Å². The predicted molar refractivity (Wildman–Crippen MR) is 147 cm³/mol. The summed E-state index contributed by atoms with van der Waals surface area (Å²) < 4.78 is 0. The number of nitrogens with zero attached hydrogens (tertiary/aromatic N) is 1. The first kappa shape index (κ1) is 27.6. The highest BCUT2D eigenvalue weighted by atomic mass is 16.4. The number of carbonyl (C=O) groups is 1. The van der Waals surface area contributed by atoms with Crippen molar-refractivity contribution in [1.82, 2.24) is 4.98 Å². The largest absolute Gasteiger partial charge is 0.481 e. The van der Waals surface area contributed by atoms with E-state index in [1.807, 2.05) is 6.07 Å². The average molecular weight is 488 g/mol. The lowest BCUT2D eigenvalue weighted by molar-refractivity contribution is -0.136. The van der Waals surface area contributed by atoms with Gasteiger partial charge < -0.3 is 10.2 Å². The third-order valence-corrected chi connectivity index (χ3v) is 8.20. The van der Waals surface area contributed by atoms with Gasteiger partial charge in [0.25, 0.3) is 0 Å². The van der Waals surface area contributed by atoms with Gasteiger partial charge in [-0.15, -0.1) is 0 Å². The SMILES string of the molecule is CCC(O)(CC)CCc1ccc(C(CC)(CC)c2ccc(-c3cncc(CC(=O)O)c3)cc2)cc1C. The average Bonchev–Trinajstić information content (AvgIpc) is 2.89. The zero-order valence-electron chi connectivity index (χ0n) is 22.5. The Bertz CT molecular complexity index is 1160. The second kappa shape index (κ2) is 11.8. The molecule has 36 heavy (non-hydrogen) atoms. The topological polar surface area (TPSA) is 70.4 Å². The summed E-state index contributed by atoms with van der Waals surface area (Å²) >= 11 is 0. The number of aryl methyl sites for hydroxylation is 2. The monoisotopic (exact) mass is 487 g/mol. The van der Waals surface area contributed by atoms with E-state index >= 15 is 0 Å². The Morgan fingerprint density at radius 3 is 2.03 bits per heavy atom. The molecule has 192 valence electrons. The van der Waals surface area contributed by atoms with Crippen LogP contribution in [0.2, 0.25) is 0 Å². The minimum atomic E-state index is -0.854. The van der Waals surface area contributed by atoms with E-state index < -0.39 is 11.6 Å². The Labute approximate surface area is 216 Å². The quantitative estimate of drug-likeness (QED) is 0.282. The molecule has 0 aliphatic heterocycles. The number of pyridine rings is 1. The smallest absolute Gasteiger partial charge is 0.307 e. The number of carboxylic acids is 1. The van der Waals surface area contributed by atoms with Crippen molar-refractivity contribution in [2.24, 2.45) is 0 Å². The number of rotatable bonds is 12. The molecule has 0 saturated heterocycles. The molecule has 2 aromatic carbocycles. The van der Waals surface area contributed by atoms with Gasteiger partial charge in [0, 0.05) is 23.4 Å². The predicted octanol–water partition coefficient (Wildman–Crippen LogP) is 7.27. The van der Waals surface area contributed by atoms with Crippen LogP contribution in [0.15, 0.2) is 60.9 Å². The molecular weight excluding hydrogens is 446 g/mol. The van der Waals surface area contributed by atoms with Crippen LogP contribution in [0, 0.1) is 6.92 Å². The molecule has 0 aliphatic carbocycles. The molecule has 2 N–H and O–H groups in total. The molecule has 3 aromatic rings. The summed E-state index contributed by atoms with van der Waals surface area (Å²) in [5.74, 6) is -0.854. The fraction of sp³-hybridized carbons (Fsp3) is 0.438. The van der Waals surface area contributed by atoms with Gasteiger partial charge in [0.15, 0.2) is 0 Å². The van der Waals surface area contributed by atoms with Crippen LogP contribution in [-0.2, 0) is 23.1 Å². The Balaban J connectivity index is 1.89. The van der Waals surface area contributed by atoms with E-state index in [9.17, 15) is 9.90 Å². The normalized spacial score (nSPS) is 12.1. The third kappa shape index (κ3) is 6.04. The molecule has 0 atom stereocenters. The lowest BCUT2D eigenvalue weighted by Crippen LogP contribution is -2.27. The molecule has 4 heteroatoms. The minimum absolute atomic E-state index is 0.0285. The second-order valence-corrected chi connectivity index (χ2v) is 10.1. The van der Waals surface area contributed by atoms with E-state index in [-0.39, 0.29) is 11.8 Å². The number of aliphatic carboxylic acids is 1. The Kier molecular flexibility index (Phi) is 9.08. The van der Waals surface area contributed by atoms with E-state index in [4.69, 9.17) is 5.11 Å². The lowest BCUT2D eigenvalue weighted by atomic mass is 9.70. The first-order valence-electron chi connectivity index (χ1n) is 13.3. The summed E-state index contributed by atoms with van der Waals surface area (Å²) in [5, 5.41) is 19.8. The zero-order chi connectivity index (χ0) is 26.3. The van der Waals surface area contributed by atoms with Crippen molar-refractivity contribution in [1.29, 1.82) is 0 Å². The van der Waals surface area contributed by atoms with Gasteiger partial charge >= 0.3 is 5.97 Å². The van der Waals surface area contributed by atoms with Gasteiger partial charge in [-0.1, -0.05) is 70.2 Å². The molecule has 3 rings (SSSR count). The fourth-order valence-electron chi connectivity index (χ4n) is 5.38. The summed E-state index contributed by atoms with van der Waals surface area (Å²) in [5.41, 5.74) is 7.20. The van der Waals surface area contributed by atoms with Crippen LogP contribution < -0.4 is 0 Å². The van der Waals surface area contributed by atoms with Crippen molar-refractivity contribution in [3.8, 4) is 11.1 Å². The van der Waals surface area contributed by atoms with Gasteiger partial charge in [-0.3, -0.25) is 9.78 Å². The van der Waals surface area contributed by atoms with Crippen LogP contribution >= 0.6 is 0 Å². The van der Waals surface area contributed by atoms with Crippen molar-refractivity contribution in [2.75, 3.05) is 0 Å². The molecule has 1 heterocycles. The maximum atomic E-state index is 11.1. The van der Waals surface area contributed by atoms with Gasteiger partial charge in [0.1, 0.15) is 0 Å². The summed E-state index contributed by atoms with van der Waals surface area (Å²) in [6.45, 7) is 10.8. The van der Waals surface area contributed by atoms with Crippen molar-refractivity contribution < 1.29 is 15.0 Å². The van der Waals surface area contributed by atoms with Crippen LogP contribution in [0.25, 0.3) is 11.1 Å². The lowest BCUT2D eigenvalue weighted by Gasteiger charge is -2.34. The first-order valence-corrected chi connectivity index (χ1v) is 13.3. The second-order valence-electron chi connectivity index (χ2n) is 10.1. The number of aliphatic hydroxyl groups is 1. The molecule has 4 nitrogen and oxygen atoms in total. The van der Waals surface area contributed by atoms with Crippen molar-refractivity contribution in [3.63, 3.8) is 0 Å². The van der Waals surface area contributed by atoms with Crippen molar-refractivity contribution in [2.45, 2.75) is 90.6 Å². The van der Waals surface area contributed by atoms with E-state index in [2.05, 4.69) is 82.1 Å². The van der Waals surface area contributed by atoms with E-state index in [1.165, 1.54) is 22.3 Å². The maximum Gasteiger partial charge on any atom is 0.307 e. The van der Waals surface area contributed by atoms with Crippen LogP contribution in [0.1, 0.15) is 87.6 Å². The van der Waals surface area contributed by atoms with Gasteiger partial charge in [-0.05, 0) is 84.9 Å². The molecule has 0 bridgehead atoms. The van der Waals surface area contributed by atoms with E-state index in [0.717, 1.165) is 49.7 Å².